The van der Waals surface area contributed by atoms with Gasteiger partial charge in [0.25, 0.3) is 5.89 Å². The van der Waals surface area contributed by atoms with Gasteiger partial charge in [-0.25, -0.2) is 0 Å². The summed E-state index contributed by atoms with van der Waals surface area (Å²) in [6.45, 7) is -0.00670. The van der Waals surface area contributed by atoms with Crippen LogP contribution in [-0.2, 0) is 21.6 Å². The predicted molar refractivity (Wildman–Crippen MR) is 86.9 cm³/mol. The first-order valence-electron chi connectivity index (χ1n) is 7.89. The second-order valence-corrected chi connectivity index (χ2v) is 5.90. The smallest absolute Gasteiger partial charge is 0.317 e. The Morgan fingerprint density at radius 3 is 2.38 bits per heavy atom. The molecule has 1 fully saturated rings. The zero-order valence-electron chi connectivity index (χ0n) is 13.0. The third kappa shape index (κ3) is 2.69. The summed E-state index contributed by atoms with van der Waals surface area (Å²) in [5.74, 6) is 0.560. The van der Waals surface area contributed by atoms with Gasteiger partial charge in [0.05, 0.1) is 5.41 Å². The van der Waals surface area contributed by atoms with E-state index in [0.29, 0.717) is 11.7 Å². The lowest BCUT2D eigenvalue weighted by Crippen LogP contribution is -2.23. The van der Waals surface area contributed by atoms with E-state index < -0.39 is 5.41 Å². The Morgan fingerprint density at radius 2 is 1.71 bits per heavy atom. The number of rotatable bonds is 5. The summed E-state index contributed by atoms with van der Waals surface area (Å²) in [6, 6.07) is 19.3. The second-order valence-electron chi connectivity index (χ2n) is 5.90. The Morgan fingerprint density at radius 1 is 1.04 bits per heavy atom. The summed E-state index contributed by atoms with van der Waals surface area (Å²) in [5, 5.41) is 3.92. The molecular weight excluding hydrogens is 304 g/mol. The van der Waals surface area contributed by atoms with Gasteiger partial charge in [0.1, 0.15) is 0 Å². The molecule has 120 valence electrons. The first-order valence-corrected chi connectivity index (χ1v) is 7.89. The van der Waals surface area contributed by atoms with E-state index in [1.165, 1.54) is 0 Å². The molecule has 0 atom stereocenters. The normalized spacial score (nSPS) is 15.0. The van der Waals surface area contributed by atoms with Crippen LogP contribution in [0, 0.1) is 0 Å². The third-order valence-corrected chi connectivity index (χ3v) is 4.29. The standard InChI is InChI=1S/C19H16N2O3/c22-18(19(11-12-19)15-9-5-2-6-10-15)23-13-16-20-17(21-24-16)14-7-3-1-4-8-14/h1-10H,11-13H2. The van der Waals surface area contributed by atoms with Crippen molar-refractivity contribution in [3.05, 3.63) is 72.1 Å². The Labute approximate surface area is 139 Å². The van der Waals surface area contributed by atoms with E-state index in [1.807, 2.05) is 60.7 Å². The number of nitrogens with zero attached hydrogens (tertiary/aromatic N) is 2. The highest BCUT2D eigenvalue weighted by Crippen LogP contribution is 2.49. The molecule has 1 aliphatic carbocycles. The van der Waals surface area contributed by atoms with Crippen molar-refractivity contribution in [2.45, 2.75) is 24.9 Å². The molecule has 1 saturated carbocycles. The molecule has 5 nitrogen and oxygen atoms in total. The molecule has 0 radical (unpaired) electrons. The van der Waals surface area contributed by atoms with Gasteiger partial charge in [-0.15, -0.1) is 0 Å². The van der Waals surface area contributed by atoms with Gasteiger partial charge in [0, 0.05) is 5.56 Å². The van der Waals surface area contributed by atoms with Crippen molar-refractivity contribution in [2.75, 3.05) is 0 Å². The van der Waals surface area contributed by atoms with Crippen molar-refractivity contribution in [2.24, 2.45) is 0 Å². The molecule has 0 bridgehead atoms. The summed E-state index contributed by atoms with van der Waals surface area (Å²) in [7, 11) is 0. The van der Waals surface area contributed by atoms with E-state index >= 15 is 0 Å². The van der Waals surface area contributed by atoms with Crippen LogP contribution in [0.25, 0.3) is 11.4 Å². The second kappa shape index (κ2) is 5.92. The number of aromatic nitrogens is 2. The molecule has 0 spiro atoms. The molecule has 0 amide bonds. The number of esters is 1. The highest BCUT2D eigenvalue weighted by atomic mass is 16.6. The Kier molecular flexibility index (Phi) is 3.61. The summed E-state index contributed by atoms with van der Waals surface area (Å²) in [4.78, 5) is 16.7. The summed E-state index contributed by atoms with van der Waals surface area (Å²) in [5.41, 5.74) is 1.37. The zero-order valence-corrected chi connectivity index (χ0v) is 13.0. The van der Waals surface area contributed by atoms with Gasteiger partial charge in [-0.05, 0) is 18.4 Å². The topological polar surface area (TPSA) is 65.2 Å². The molecular formula is C19H16N2O3. The van der Waals surface area contributed by atoms with Crippen LogP contribution >= 0.6 is 0 Å². The average Bonchev–Trinajstić information content (AvgIpc) is 3.33. The summed E-state index contributed by atoms with van der Waals surface area (Å²) in [6.07, 6.45) is 1.63. The monoisotopic (exact) mass is 320 g/mol. The minimum atomic E-state index is -0.496. The van der Waals surface area contributed by atoms with Crippen LogP contribution in [0.1, 0.15) is 24.3 Å². The van der Waals surface area contributed by atoms with Gasteiger partial charge in [-0.3, -0.25) is 4.79 Å². The van der Waals surface area contributed by atoms with Gasteiger partial charge < -0.3 is 9.26 Å². The Hall–Kier alpha value is -2.95. The average molecular weight is 320 g/mol. The van der Waals surface area contributed by atoms with Gasteiger partial charge in [0.15, 0.2) is 6.61 Å². The van der Waals surface area contributed by atoms with E-state index in [1.54, 1.807) is 0 Å². The maximum absolute atomic E-state index is 12.5. The van der Waals surface area contributed by atoms with Crippen molar-refractivity contribution in [3.63, 3.8) is 0 Å². The number of carbonyl (C=O) groups excluding carboxylic acids is 1. The van der Waals surface area contributed by atoms with Crippen LogP contribution in [0.5, 0.6) is 0 Å². The van der Waals surface area contributed by atoms with Crippen molar-refractivity contribution in [1.82, 2.24) is 10.1 Å². The van der Waals surface area contributed by atoms with E-state index in [9.17, 15) is 4.79 Å². The molecule has 5 heteroatoms. The van der Waals surface area contributed by atoms with Crippen LogP contribution in [0.15, 0.2) is 65.2 Å². The minimum absolute atomic E-state index is 0.00670. The molecule has 0 saturated heterocycles. The molecule has 3 aromatic rings. The van der Waals surface area contributed by atoms with E-state index in [4.69, 9.17) is 9.26 Å². The molecule has 1 aromatic heterocycles. The first-order chi connectivity index (χ1) is 11.8. The fourth-order valence-corrected chi connectivity index (χ4v) is 2.78. The molecule has 0 aliphatic heterocycles. The lowest BCUT2D eigenvalue weighted by atomic mass is 9.96. The fraction of sp³-hybridized carbons (Fsp3) is 0.211. The molecule has 24 heavy (non-hydrogen) atoms. The minimum Gasteiger partial charge on any atom is -0.455 e. The van der Waals surface area contributed by atoms with Crippen LogP contribution in [0.2, 0.25) is 0 Å². The number of hydrogen-bond acceptors (Lipinski definition) is 5. The fourth-order valence-electron chi connectivity index (χ4n) is 2.78. The van der Waals surface area contributed by atoms with Crippen molar-refractivity contribution < 1.29 is 14.1 Å². The number of hydrogen-bond donors (Lipinski definition) is 0. The van der Waals surface area contributed by atoms with Gasteiger partial charge in [0.2, 0.25) is 5.82 Å². The van der Waals surface area contributed by atoms with Gasteiger partial charge >= 0.3 is 5.97 Å². The van der Waals surface area contributed by atoms with Gasteiger partial charge in [-0.2, -0.15) is 4.98 Å². The maximum Gasteiger partial charge on any atom is 0.317 e. The van der Waals surface area contributed by atoms with Crippen LogP contribution in [-0.4, -0.2) is 16.1 Å². The molecule has 0 unspecified atom stereocenters. The Balaban J connectivity index is 1.43. The quantitative estimate of drug-likeness (QED) is 0.673. The van der Waals surface area contributed by atoms with E-state index in [-0.39, 0.29) is 12.6 Å². The molecule has 0 N–H and O–H groups in total. The van der Waals surface area contributed by atoms with Crippen LogP contribution in [0.3, 0.4) is 0 Å². The molecule has 1 aliphatic rings. The van der Waals surface area contributed by atoms with E-state index in [0.717, 1.165) is 24.0 Å². The van der Waals surface area contributed by atoms with Crippen LogP contribution < -0.4 is 0 Å². The third-order valence-electron chi connectivity index (χ3n) is 4.29. The predicted octanol–water partition coefficient (Wildman–Crippen LogP) is 3.51. The first kappa shape index (κ1) is 14.6. The number of benzene rings is 2. The molecule has 2 aromatic carbocycles. The van der Waals surface area contributed by atoms with Crippen LogP contribution in [0.4, 0.5) is 0 Å². The van der Waals surface area contributed by atoms with E-state index in [2.05, 4.69) is 10.1 Å². The van der Waals surface area contributed by atoms with Crippen molar-refractivity contribution in [3.8, 4) is 11.4 Å². The Bertz CT molecular complexity index is 839. The summed E-state index contributed by atoms with van der Waals surface area (Å²) < 4.78 is 10.6. The maximum atomic E-state index is 12.5. The SMILES string of the molecule is O=C(OCc1nc(-c2ccccc2)no1)C1(c2ccccc2)CC1. The number of carbonyl (C=O) groups is 1. The summed E-state index contributed by atoms with van der Waals surface area (Å²) >= 11 is 0. The largest absolute Gasteiger partial charge is 0.455 e. The lowest BCUT2D eigenvalue weighted by molar-refractivity contribution is -0.148. The lowest BCUT2D eigenvalue weighted by Gasteiger charge is -2.13. The highest BCUT2D eigenvalue weighted by molar-refractivity contribution is 5.86. The van der Waals surface area contributed by atoms with Crippen molar-refractivity contribution >= 4 is 5.97 Å². The highest BCUT2D eigenvalue weighted by Gasteiger charge is 2.52. The van der Waals surface area contributed by atoms with Gasteiger partial charge in [-0.1, -0.05) is 65.8 Å². The molecule has 1 heterocycles. The molecule has 4 rings (SSSR count). The number of ether oxygens (including phenoxy) is 1. The zero-order chi connectivity index (χ0) is 16.4. The van der Waals surface area contributed by atoms with Crippen molar-refractivity contribution in [1.29, 1.82) is 0 Å².